The second-order valence-corrected chi connectivity index (χ2v) is 8.31. The number of rotatable bonds is 3. The zero-order valence-corrected chi connectivity index (χ0v) is 15.9. The van der Waals surface area contributed by atoms with Crippen LogP contribution < -0.4 is 5.32 Å². The highest BCUT2D eigenvalue weighted by atomic mass is 35.6. The fourth-order valence-electron chi connectivity index (χ4n) is 1.82. The molecule has 0 fully saturated rings. The molecule has 3 rings (SSSR count). The van der Waals surface area contributed by atoms with Crippen molar-refractivity contribution in [2.24, 2.45) is 0 Å². The van der Waals surface area contributed by atoms with E-state index in [9.17, 15) is 0 Å². The van der Waals surface area contributed by atoms with Gasteiger partial charge in [0.25, 0.3) is 0 Å². The summed E-state index contributed by atoms with van der Waals surface area (Å²) in [5.41, 5.74) is 1.56. The van der Waals surface area contributed by atoms with E-state index in [2.05, 4.69) is 25.3 Å². The van der Waals surface area contributed by atoms with Crippen LogP contribution in [0.5, 0.6) is 0 Å². The fraction of sp³-hybridized carbons (Fsp3) is 0.143. The van der Waals surface area contributed by atoms with Crippen molar-refractivity contribution in [2.75, 3.05) is 5.32 Å². The predicted molar refractivity (Wildman–Crippen MR) is 99.6 cm³/mol. The van der Waals surface area contributed by atoms with Crippen molar-refractivity contribution < 1.29 is 0 Å². The SMILES string of the molecule is Cc1csc(Nc2nc(-c3cccc(Cl)c3)nc(C(Cl)(Cl)Cl)n2)n1. The summed E-state index contributed by atoms with van der Waals surface area (Å²) in [4.78, 5) is 17.1. The number of thiazole rings is 1. The highest BCUT2D eigenvalue weighted by molar-refractivity contribution is 7.13. The quantitative estimate of drug-likeness (QED) is 0.564. The molecule has 3 aromatic rings. The molecule has 0 aliphatic carbocycles. The van der Waals surface area contributed by atoms with E-state index in [4.69, 9.17) is 46.4 Å². The first kappa shape index (κ1) is 17.6. The molecule has 5 nitrogen and oxygen atoms in total. The number of halogens is 4. The molecule has 1 N–H and O–H groups in total. The zero-order chi connectivity index (χ0) is 17.3. The van der Waals surface area contributed by atoms with Gasteiger partial charge in [0.05, 0.1) is 5.69 Å². The summed E-state index contributed by atoms with van der Waals surface area (Å²) in [7, 11) is 0. The second kappa shape index (κ2) is 6.98. The van der Waals surface area contributed by atoms with Crippen LogP contribution in [0.3, 0.4) is 0 Å². The average molecular weight is 421 g/mol. The molecular formula is C14H9Cl4N5S. The number of aryl methyl sites for hydroxylation is 1. The van der Waals surface area contributed by atoms with Gasteiger partial charge in [-0.2, -0.15) is 9.97 Å². The largest absolute Gasteiger partial charge is 0.300 e. The molecular weight excluding hydrogens is 412 g/mol. The normalized spacial score (nSPS) is 11.5. The molecule has 0 aliphatic rings. The Labute approximate surface area is 162 Å². The van der Waals surface area contributed by atoms with Crippen molar-refractivity contribution in [3.8, 4) is 11.4 Å². The van der Waals surface area contributed by atoms with Gasteiger partial charge in [0.15, 0.2) is 16.8 Å². The number of hydrogen-bond acceptors (Lipinski definition) is 6. The van der Waals surface area contributed by atoms with Crippen LogP contribution >= 0.6 is 57.7 Å². The molecule has 2 heterocycles. The van der Waals surface area contributed by atoms with Crippen molar-refractivity contribution in [1.82, 2.24) is 19.9 Å². The predicted octanol–water partition coefficient (Wildman–Crippen LogP) is 5.53. The van der Waals surface area contributed by atoms with E-state index in [0.717, 1.165) is 5.69 Å². The Morgan fingerprint density at radius 1 is 1.08 bits per heavy atom. The van der Waals surface area contributed by atoms with E-state index in [-0.39, 0.29) is 11.8 Å². The van der Waals surface area contributed by atoms with E-state index >= 15 is 0 Å². The summed E-state index contributed by atoms with van der Waals surface area (Å²) in [5.74, 6) is 0.577. The molecule has 0 unspecified atom stereocenters. The van der Waals surface area contributed by atoms with Gasteiger partial charge in [-0.25, -0.2) is 9.97 Å². The minimum absolute atomic E-state index is 0.00764. The van der Waals surface area contributed by atoms with Gasteiger partial charge >= 0.3 is 0 Å². The lowest BCUT2D eigenvalue weighted by molar-refractivity contribution is 0.931. The third-order valence-corrected chi connectivity index (χ3v) is 4.43. The first-order valence-corrected chi connectivity index (χ1v) is 8.99. The molecule has 0 atom stereocenters. The second-order valence-electron chi connectivity index (χ2n) is 4.73. The van der Waals surface area contributed by atoms with Gasteiger partial charge < -0.3 is 0 Å². The summed E-state index contributed by atoms with van der Waals surface area (Å²) in [6, 6.07) is 7.06. The maximum Gasteiger partial charge on any atom is 0.250 e. The number of benzene rings is 1. The Hall–Kier alpha value is -1.18. The number of hydrogen-bond donors (Lipinski definition) is 1. The Morgan fingerprint density at radius 3 is 2.50 bits per heavy atom. The molecule has 0 spiro atoms. The molecule has 0 amide bonds. The summed E-state index contributed by atoms with van der Waals surface area (Å²) in [6.07, 6.45) is 0. The van der Waals surface area contributed by atoms with E-state index in [1.54, 1.807) is 24.3 Å². The Bertz CT molecular complexity index is 878. The van der Waals surface area contributed by atoms with Crippen LogP contribution in [0, 0.1) is 6.92 Å². The Morgan fingerprint density at radius 2 is 1.88 bits per heavy atom. The van der Waals surface area contributed by atoms with Gasteiger partial charge in [0, 0.05) is 16.0 Å². The van der Waals surface area contributed by atoms with Crippen LogP contribution in [0.4, 0.5) is 11.1 Å². The molecule has 124 valence electrons. The maximum absolute atomic E-state index is 6.02. The minimum Gasteiger partial charge on any atom is -0.300 e. The summed E-state index contributed by atoms with van der Waals surface area (Å²) >= 11 is 25.3. The number of nitrogens with zero attached hydrogens (tertiary/aromatic N) is 4. The Kier molecular flexibility index (Phi) is 5.13. The van der Waals surface area contributed by atoms with Gasteiger partial charge in [-0.1, -0.05) is 58.5 Å². The minimum atomic E-state index is -1.79. The fourth-order valence-corrected chi connectivity index (χ4v) is 2.95. The van der Waals surface area contributed by atoms with Crippen LogP contribution in [-0.4, -0.2) is 19.9 Å². The van der Waals surface area contributed by atoms with Gasteiger partial charge in [-0.3, -0.25) is 5.32 Å². The molecule has 0 saturated carbocycles. The molecule has 24 heavy (non-hydrogen) atoms. The first-order chi connectivity index (χ1) is 11.3. The average Bonchev–Trinajstić information content (AvgIpc) is 2.91. The van der Waals surface area contributed by atoms with Gasteiger partial charge in [-0.05, 0) is 19.1 Å². The number of alkyl halides is 3. The van der Waals surface area contributed by atoms with Crippen LogP contribution in [0.2, 0.25) is 5.02 Å². The molecule has 0 saturated heterocycles. The lowest BCUT2D eigenvalue weighted by atomic mass is 10.2. The highest BCUT2D eigenvalue weighted by Gasteiger charge is 2.28. The van der Waals surface area contributed by atoms with Crippen LogP contribution in [0.15, 0.2) is 29.6 Å². The summed E-state index contributed by atoms with van der Waals surface area (Å²) < 4.78 is -1.79. The van der Waals surface area contributed by atoms with E-state index < -0.39 is 3.79 Å². The molecule has 10 heteroatoms. The highest BCUT2D eigenvalue weighted by Crippen LogP contribution is 2.37. The number of anilines is 2. The van der Waals surface area contributed by atoms with Gasteiger partial charge in [0.1, 0.15) is 0 Å². The smallest absolute Gasteiger partial charge is 0.250 e. The van der Waals surface area contributed by atoms with Crippen molar-refractivity contribution in [3.05, 3.63) is 46.2 Å². The standard InChI is InChI=1S/C14H9Cl4N5S/c1-7-6-24-13(19-7)23-12-21-10(8-3-2-4-9(15)5-8)20-11(22-12)14(16,17)18/h2-6H,1H3,(H,19,20,21,22,23). The number of aromatic nitrogens is 4. The lowest BCUT2D eigenvalue weighted by Crippen LogP contribution is -2.12. The zero-order valence-electron chi connectivity index (χ0n) is 12.1. The third-order valence-electron chi connectivity index (χ3n) is 2.81. The van der Waals surface area contributed by atoms with Crippen LogP contribution in [0.25, 0.3) is 11.4 Å². The monoisotopic (exact) mass is 419 g/mol. The van der Waals surface area contributed by atoms with Crippen molar-refractivity contribution in [2.45, 2.75) is 10.7 Å². The molecule has 2 aromatic heterocycles. The van der Waals surface area contributed by atoms with Crippen LogP contribution in [-0.2, 0) is 3.79 Å². The molecule has 0 aliphatic heterocycles. The maximum atomic E-state index is 6.02. The van der Waals surface area contributed by atoms with E-state index in [1.165, 1.54) is 11.3 Å². The van der Waals surface area contributed by atoms with Crippen LogP contribution in [0.1, 0.15) is 11.5 Å². The van der Waals surface area contributed by atoms with Crippen molar-refractivity contribution in [1.29, 1.82) is 0 Å². The van der Waals surface area contributed by atoms with E-state index in [1.807, 2.05) is 12.3 Å². The molecule has 0 radical (unpaired) electrons. The molecule has 0 bridgehead atoms. The van der Waals surface area contributed by atoms with E-state index in [0.29, 0.717) is 21.5 Å². The van der Waals surface area contributed by atoms with Gasteiger partial charge in [-0.15, -0.1) is 11.3 Å². The Balaban J connectivity index is 2.06. The lowest BCUT2D eigenvalue weighted by Gasteiger charge is -2.12. The molecule has 1 aromatic carbocycles. The first-order valence-electron chi connectivity index (χ1n) is 6.59. The summed E-state index contributed by atoms with van der Waals surface area (Å²) in [5, 5.41) is 6.08. The summed E-state index contributed by atoms with van der Waals surface area (Å²) in [6.45, 7) is 1.89. The van der Waals surface area contributed by atoms with Gasteiger partial charge in [0.2, 0.25) is 9.74 Å². The topological polar surface area (TPSA) is 63.6 Å². The number of nitrogens with one attached hydrogen (secondary N) is 1. The van der Waals surface area contributed by atoms with Crippen molar-refractivity contribution >= 4 is 68.8 Å². The van der Waals surface area contributed by atoms with Crippen molar-refractivity contribution in [3.63, 3.8) is 0 Å². The third kappa shape index (κ3) is 4.26.